The van der Waals surface area contributed by atoms with E-state index in [1.165, 1.54) is 15.3 Å². The third kappa shape index (κ3) is 3.78. The second-order valence-corrected chi connectivity index (χ2v) is 7.87. The number of hydrogen-bond acceptors (Lipinski definition) is 4. The van der Waals surface area contributed by atoms with Crippen molar-refractivity contribution < 1.29 is 9.53 Å². The summed E-state index contributed by atoms with van der Waals surface area (Å²) in [4.78, 5) is 19.8. The number of morpholine rings is 1. The number of nitrogens with zero attached hydrogens (tertiary/aromatic N) is 2. The summed E-state index contributed by atoms with van der Waals surface area (Å²) in [7, 11) is 0. The summed E-state index contributed by atoms with van der Waals surface area (Å²) in [6.07, 6.45) is 2.09. The number of ether oxygens (including phenoxy) is 1. The zero-order chi connectivity index (χ0) is 17.1. The predicted octanol–water partition coefficient (Wildman–Crippen LogP) is 3.24. The molecule has 1 amide bonds. The van der Waals surface area contributed by atoms with Gasteiger partial charge < -0.3 is 9.64 Å². The van der Waals surface area contributed by atoms with Gasteiger partial charge in [0.15, 0.2) is 0 Å². The van der Waals surface area contributed by atoms with Gasteiger partial charge in [0.25, 0.3) is 0 Å². The molecule has 1 aromatic carbocycles. The van der Waals surface area contributed by atoms with Gasteiger partial charge in [-0.15, -0.1) is 11.3 Å². The van der Waals surface area contributed by atoms with Gasteiger partial charge in [0, 0.05) is 29.4 Å². The zero-order valence-corrected chi connectivity index (χ0v) is 15.2. The van der Waals surface area contributed by atoms with E-state index >= 15 is 0 Å². The van der Waals surface area contributed by atoms with Gasteiger partial charge >= 0.3 is 0 Å². The van der Waals surface area contributed by atoms with E-state index in [0.717, 1.165) is 39.0 Å². The monoisotopic (exact) mass is 356 g/mol. The molecule has 5 heteroatoms. The molecule has 1 atom stereocenters. The molecular formula is C20H24N2O2S. The SMILES string of the molecule is O=C([C@@H]1CCCN1Cc1ccc(-c2ccccc2)s1)N1CCOCC1. The second-order valence-electron chi connectivity index (χ2n) is 6.70. The molecule has 0 unspecified atom stereocenters. The molecule has 4 rings (SSSR count). The van der Waals surface area contributed by atoms with E-state index in [1.54, 1.807) is 0 Å². The lowest BCUT2D eigenvalue weighted by Crippen LogP contribution is -2.49. The molecule has 4 nitrogen and oxygen atoms in total. The maximum absolute atomic E-state index is 12.9. The molecule has 0 bridgehead atoms. The van der Waals surface area contributed by atoms with Crippen molar-refractivity contribution in [3.63, 3.8) is 0 Å². The van der Waals surface area contributed by atoms with Crippen molar-refractivity contribution in [1.29, 1.82) is 0 Å². The molecule has 0 N–H and O–H groups in total. The third-order valence-corrected chi connectivity index (χ3v) is 6.17. The van der Waals surface area contributed by atoms with Gasteiger partial charge in [-0.3, -0.25) is 9.69 Å². The fourth-order valence-corrected chi connectivity index (χ4v) is 4.75. The van der Waals surface area contributed by atoms with Crippen LogP contribution in [-0.2, 0) is 16.1 Å². The smallest absolute Gasteiger partial charge is 0.240 e. The van der Waals surface area contributed by atoms with E-state index in [1.807, 2.05) is 22.3 Å². The Balaban J connectivity index is 1.43. The summed E-state index contributed by atoms with van der Waals surface area (Å²) in [5.41, 5.74) is 1.26. The molecule has 0 radical (unpaired) electrons. The molecule has 0 aliphatic carbocycles. The average molecular weight is 356 g/mol. The first kappa shape index (κ1) is 16.8. The highest BCUT2D eigenvalue weighted by atomic mass is 32.1. The highest BCUT2D eigenvalue weighted by Gasteiger charge is 2.34. The fourth-order valence-electron chi connectivity index (χ4n) is 3.71. The van der Waals surface area contributed by atoms with Gasteiger partial charge in [0.05, 0.1) is 19.3 Å². The number of thiophene rings is 1. The highest BCUT2D eigenvalue weighted by Crippen LogP contribution is 2.30. The van der Waals surface area contributed by atoms with Crippen molar-refractivity contribution in [2.24, 2.45) is 0 Å². The van der Waals surface area contributed by atoms with Crippen LogP contribution in [0, 0.1) is 0 Å². The van der Waals surface area contributed by atoms with Gasteiger partial charge in [0.2, 0.25) is 5.91 Å². The minimum atomic E-state index is 0.0420. The normalized spacial score (nSPS) is 21.6. The number of carbonyl (C=O) groups is 1. The highest BCUT2D eigenvalue weighted by molar-refractivity contribution is 7.15. The molecule has 2 saturated heterocycles. The minimum Gasteiger partial charge on any atom is -0.378 e. The van der Waals surface area contributed by atoms with Gasteiger partial charge in [-0.05, 0) is 37.1 Å². The molecule has 0 spiro atoms. The van der Waals surface area contributed by atoms with E-state index in [2.05, 4.69) is 41.3 Å². The van der Waals surface area contributed by atoms with Crippen LogP contribution in [0.4, 0.5) is 0 Å². The molecule has 2 fully saturated rings. The maximum Gasteiger partial charge on any atom is 0.240 e. The Labute approximate surface area is 153 Å². The van der Waals surface area contributed by atoms with Crippen LogP contribution in [0.15, 0.2) is 42.5 Å². The van der Waals surface area contributed by atoms with E-state index in [4.69, 9.17) is 4.74 Å². The molecule has 2 aliphatic rings. The largest absolute Gasteiger partial charge is 0.378 e. The lowest BCUT2D eigenvalue weighted by atomic mass is 10.2. The van der Waals surface area contributed by atoms with Crippen molar-refractivity contribution >= 4 is 17.2 Å². The molecule has 2 aromatic rings. The van der Waals surface area contributed by atoms with Crippen molar-refractivity contribution in [2.75, 3.05) is 32.8 Å². The molecule has 2 aliphatic heterocycles. The Bertz CT molecular complexity index is 709. The summed E-state index contributed by atoms with van der Waals surface area (Å²) in [5, 5.41) is 0. The van der Waals surface area contributed by atoms with Crippen LogP contribution >= 0.6 is 11.3 Å². The Morgan fingerprint density at radius 1 is 1.08 bits per heavy atom. The number of hydrogen-bond donors (Lipinski definition) is 0. The molecule has 0 saturated carbocycles. The second kappa shape index (κ2) is 7.68. The summed E-state index contributed by atoms with van der Waals surface area (Å²) in [6.45, 7) is 4.70. The fraction of sp³-hybridized carbons (Fsp3) is 0.450. The van der Waals surface area contributed by atoms with Gasteiger partial charge in [-0.1, -0.05) is 30.3 Å². The molecule has 1 aromatic heterocycles. The summed E-state index contributed by atoms with van der Waals surface area (Å²) < 4.78 is 5.37. The summed E-state index contributed by atoms with van der Waals surface area (Å²) in [5.74, 6) is 0.292. The standard InChI is InChI=1S/C20H24N2O2S/c23-20(21-11-13-24-14-12-21)18-7-4-10-22(18)15-17-8-9-19(25-17)16-5-2-1-3-6-16/h1-3,5-6,8-9,18H,4,7,10-15H2/t18-/m0/s1. The zero-order valence-electron chi connectivity index (χ0n) is 14.4. The van der Waals surface area contributed by atoms with Crippen molar-refractivity contribution in [3.05, 3.63) is 47.3 Å². The lowest BCUT2D eigenvalue weighted by Gasteiger charge is -2.32. The summed E-state index contributed by atoms with van der Waals surface area (Å²) >= 11 is 1.84. The van der Waals surface area contributed by atoms with E-state index < -0.39 is 0 Å². The molecule has 132 valence electrons. The topological polar surface area (TPSA) is 32.8 Å². The lowest BCUT2D eigenvalue weighted by molar-refractivity contribution is -0.140. The van der Waals surface area contributed by atoms with Gasteiger partial charge in [0.1, 0.15) is 0 Å². The van der Waals surface area contributed by atoms with Crippen LogP contribution in [-0.4, -0.2) is 54.6 Å². The van der Waals surface area contributed by atoms with Crippen LogP contribution < -0.4 is 0 Å². The predicted molar refractivity (Wildman–Crippen MR) is 101 cm³/mol. The van der Waals surface area contributed by atoms with Crippen molar-refractivity contribution in [2.45, 2.75) is 25.4 Å². The van der Waals surface area contributed by atoms with Crippen LogP contribution in [0.3, 0.4) is 0 Å². The van der Waals surface area contributed by atoms with Crippen molar-refractivity contribution in [3.8, 4) is 10.4 Å². The van der Waals surface area contributed by atoms with Gasteiger partial charge in [-0.2, -0.15) is 0 Å². The number of amides is 1. The van der Waals surface area contributed by atoms with E-state index in [0.29, 0.717) is 19.1 Å². The third-order valence-electron chi connectivity index (χ3n) is 5.05. The molecule has 3 heterocycles. The number of likely N-dealkylation sites (tertiary alicyclic amines) is 1. The van der Waals surface area contributed by atoms with Crippen LogP contribution in [0.5, 0.6) is 0 Å². The Kier molecular flexibility index (Phi) is 5.15. The Hall–Kier alpha value is -1.69. The quantitative estimate of drug-likeness (QED) is 0.843. The number of carbonyl (C=O) groups excluding carboxylic acids is 1. The van der Waals surface area contributed by atoms with E-state index in [-0.39, 0.29) is 6.04 Å². The molecule has 25 heavy (non-hydrogen) atoms. The maximum atomic E-state index is 12.9. The minimum absolute atomic E-state index is 0.0420. The first-order valence-corrected chi connectivity index (χ1v) is 9.87. The van der Waals surface area contributed by atoms with Crippen LogP contribution in [0.2, 0.25) is 0 Å². The van der Waals surface area contributed by atoms with Crippen LogP contribution in [0.25, 0.3) is 10.4 Å². The first-order valence-electron chi connectivity index (χ1n) is 9.06. The van der Waals surface area contributed by atoms with E-state index in [9.17, 15) is 4.79 Å². The number of benzene rings is 1. The Morgan fingerprint density at radius 3 is 2.68 bits per heavy atom. The first-order chi connectivity index (χ1) is 12.3. The summed E-state index contributed by atoms with van der Waals surface area (Å²) in [6, 6.07) is 14.9. The Morgan fingerprint density at radius 2 is 1.88 bits per heavy atom. The van der Waals surface area contributed by atoms with Gasteiger partial charge in [-0.25, -0.2) is 0 Å². The van der Waals surface area contributed by atoms with Crippen molar-refractivity contribution in [1.82, 2.24) is 9.80 Å². The average Bonchev–Trinajstić information content (AvgIpc) is 3.33. The number of rotatable bonds is 4. The molecular weight excluding hydrogens is 332 g/mol. The van der Waals surface area contributed by atoms with Crippen LogP contribution in [0.1, 0.15) is 17.7 Å².